The molecule has 0 spiro atoms. The molecule has 6 heteroatoms. The highest BCUT2D eigenvalue weighted by atomic mass is 16.5. The van der Waals surface area contributed by atoms with Gasteiger partial charge in [-0.2, -0.15) is 0 Å². The number of piperazine rings is 1. The molecule has 1 fully saturated rings. The van der Waals surface area contributed by atoms with E-state index in [9.17, 15) is 4.79 Å². The van der Waals surface area contributed by atoms with Crippen molar-refractivity contribution in [3.05, 3.63) is 46.9 Å². The van der Waals surface area contributed by atoms with E-state index in [0.29, 0.717) is 12.3 Å². The fourth-order valence-corrected chi connectivity index (χ4v) is 3.97. The number of ether oxygens (including phenoxy) is 1. The maximum Gasteiger partial charge on any atom is 0.222 e. The normalized spacial score (nSPS) is 14.3. The van der Waals surface area contributed by atoms with Gasteiger partial charge < -0.3 is 14.5 Å². The second-order valence-corrected chi connectivity index (χ2v) is 8.36. The van der Waals surface area contributed by atoms with Crippen LogP contribution in [-0.2, 0) is 17.6 Å². The lowest BCUT2D eigenvalue weighted by Crippen LogP contribution is -2.49. The molecule has 1 aromatic heterocycles. The zero-order valence-corrected chi connectivity index (χ0v) is 18.9. The smallest absolute Gasteiger partial charge is 0.222 e. The van der Waals surface area contributed by atoms with Gasteiger partial charge in [-0.1, -0.05) is 32.9 Å². The lowest BCUT2D eigenvalue weighted by Gasteiger charge is -2.37. The molecule has 0 saturated carbocycles. The quantitative estimate of drug-likeness (QED) is 0.697. The van der Waals surface area contributed by atoms with Crippen LogP contribution in [0.15, 0.2) is 24.3 Å². The van der Waals surface area contributed by atoms with E-state index in [0.717, 1.165) is 62.1 Å². The van der Waals surface area contributed by atoms with Crippen LogP contribution in [0.25, 0.3) is 0 Å². The van der Waals surface area contributed by atoms with Crippen molar-refractivity contribution in [3.8, 4) is 5.75 Å². The molecule has 0 N–H and O–H groups in total. The summed E-state index contributed by atoms with van der Waals surface area (Å²) in [5, 5.41) is 0. The van der Waals surface area contributed by atoms with Crippen molar-refractivity contribution in [3.63, 3.8) is 0 Å². The molecule has 3 rings (SSSR count). The highest BCUT2D eigenvalue weighted by Gasteiger charge is 2.25. The maximum atomic E-state index is 12.4. The van der Waals surface area contributed by atoms with Crippen LogP contribution in [0.3, 0.4) is 0 Å². The number of hydrogen-bond acceptors (Lipinski definition) is 5. The zero-order valence-electron chi connectivity index (χ0n) is 18.9. The molecule has 1 aliphatic heterocycles. The Labute approximate surface area is 180 Å². The van der Waals surface area contributed by atoms with Crippen LogP contribution in [0.1, 0.15) is 49.8 Å². The Balaban J connectivity index is 1.82. The van der Waals surface area contributed by atoms with Crippen molar-refractivity contribution in [1.82, 2.24) is 14.9 Å². The first-order chi connectivity index (χ1) is 14.4. The fourth-order valence-electron chi connectivity index (χ4n) is 3.97. The van der Waals surface area contributed by atoms with Gasteiger partial charge in [0.05, 0.1) is 7.11 Å². The van der Waals surface area contributed by atoms with E-state index in [4.69, 9.17) is 14.7 Å². The van der Waals surface area contributed by atoms with E-state index >= 15 is 0 Å². The first kappa shape index (κ1) is 22.1. The molecule has 0 bridgehead atoms. The van der Waals surface area contributed by atoms with E-state index < -0.39 is 0 Å². The number of carbonyl (C=O) groups is 1. The molecule has 0 aliphatic carbocycles. The Hall–Kier alpha value is -2.63. The van der Waals surface area contributed by atoms with Gasteiger partial charge in [0.15, 0.2) is 0 Å². The van der Waals surface area contributed by atoms with Crippen molar-refractivity contribution < 1.29 is 9.53 Å². The molecule has 0 unspecified atom stereocenters. The number of nitrogens with zero attached hydrogens (tertiary/aromatic N) is 4. The van der Waals surface area contributed by atoms with Crippen LogP contribution in [0.4, 0.5) is 5.82 Å². The van der Waals surface area contributed by atoms with E-state index in [1.54, 1.807) is 7.11 Å². The van der Waals surface area contributed by atoms with E-state index in [1.165, 1.54) is 11.1 Å². The fraction of sp³-hybridized carbons (Fsp3) is 0.542. The van der Waals surface area contributed by atoms with Crippen LogP contribution in [-0.4, -0.2) is 54.1 Å². The van der Waals surface area contributed by atoms with Gasteiger partial charge in [-0.25, -0.2) is 9.97 Å². The highest BCUT2D eigenvalue weighted by molar-refractivity contribution is 5.76. The van der Waals surface area contributed by atoms with E-state index in [2.05, 4.69) is 37.8 Å². The third-order valence-electron chi connectivity index (χ3n) is 5.57. The summed E-state index contributed by atoms with van der Waals surface area (Å²) in [4.78, 5) is 26.3. The summed E-state index contributed by atoms with van der Waals surface area (Å²) in [7, 11) is 1.68. The second kappa shape index (κ2) is 9.92. The van der Waals surface area contributed by atoms with Crippen LogP contribution in [0.5, 0.6) is 5.75 Å². The van der Waals surface area contributed by atoms with Gasteiger partial charge in [0.25, 0.3) is 0 Å². The maximum absolute atomic E-state index is 12.4. The van der Waals surface area contributed by atoms with Gasteiger partial charge in [0.1, 0.15) is 17.4 Å². The Morgan fingerprint density at radius 2 is 1.77 bits per heavy atom. The first-order valence-corrected chi connectivity index (χ1v) is 10.9. The summed E-state index contributed by atoms with van der Waals surface area (Å²) >= 11 is 0. The minimum Gasteiger partial charge on any atom is -0.497 e. The standard InChI is InChI=1S/C24H34N4O2/c1-6-22-21(16-19-7-9-20(30-5)10-8-19)24(26-18(4)25-22)28-13-11-27(12-14-28)23(29)15-17(2)3/h7-10,17H,6,11-16H2,1-5H3. The van der Waals surface area contributed by atoms with Gasteiger partial charge in [-0.3, -0.25) is 4.79 Å². The monoisotopic (exact) mass is 410 g/mol. The minimum absolute atomic E-state index is 0.260. The largest absolute Gasteiger partial charge is 0.497 e. The molecular weight excluding hydrogens is 376 g/mol. The highest BCUT2D eigenvalue weighted by Crippen LogP contribution is 2.27. The summed E-state index contributed by atoms with van der Waals surface area (Å²) in [6.07, 6.45) is 2.28. The molecule has 1 aliphatic rings. The molecule has 6 nitrogen and oxygen atoms in total. The third-order valence-corrected chi connectivity index (χ3v) is 5.57. The topological polar surface area (TPSA) is 58.6 Å². The van der Waals surface area contributed by atoms with Crippen molar-refractivity contribution in [2.75, 3.05) is 38.2 Å². The Kier molecular flexibility index (Phi) is 7.29. The lowest BCUT2D eigenvalue weighted by molar-refractivity contribution is -0.132. The van der Waals surface area contributed by atoms with Crippen LogP contribution in [0, 0.1) is 12.8 Å². The molecular formula is C24H34N4O2. The summed E-state index contributed by atoms with van der Waals surface area (Å²) in [6, 6.07) is 8.19. The third kappa shape index (κ3) is 5.29. The van der Waals surface area contributed by atoms with E-state index in [1.807, 2.05) is 24.0 Å². The molecule has 2 aromatic rings. The van der Waals surface area contributed by atoms with Crippen molar-refractivity contribution in [1.29, 1.82) is 0 Å². The average molecular weight is 411 g/mol. The second-order valence-electron chi connectivity index (χ2n) is 8.36. The number of hydrogen-bond donors (Lipinski definition) is 0. The van der Waals surface area contributed by atoms with Gasteiger partial charge in [-0.05, 0) is 37.0 Å². The number of carbonyl (C=O) groups excluding carboxylic acids is 1. The summed E-state index contributed by atoms with van der Waals surface area (Å²) in [5.74, 6) is 3.33. The molecule has 0 atom stereocenters. The van der Waals surface area contributed by atoms with Crippen molar-refractivity contribution >= 4 is 11.7 Å². The summed E-state index contributed by atoms with van der Waals surface area (Å²) in [5.41, 5.74) is 3.51. The predicted octanol–water partition coefficient (Wildman–Crippen LogP) is 3.64. The Bertz CT molecular complexity index is 856. The molecule has 1 saturated heterocycles. The average Bonchev–Trinajstić information content (AvgIpc) is 2.74. The number of methoxy groups -OCH3 is 1. The van der Waals surface area contributed by atoms with Gasteiger partial charge in [-0.15, -0.1) is 0 Å². The number of rotatable bonds is 7. The number of aromatic nitrogens is 2. The number of aryl methyl sites for hydroxylation is 2. The van der Waals surface area contributed by atoms with E-state index in [-0.39, 0.29) is 5.91 Å². The zero-order chi connectivity index (χ0) is 21.7. The molecule has 162 valence electrons. The van der Waals surface area contributed by atoms with Gasteiger partial charge in [0, 0.05) is 50.3 Å². The van der Waals surface area contributed by atoms with Crippen LogP contribution in [0.2, 0.25) is 0 Å². The Morgan fingerprint density at radius 3 is 2.33 bits per heavy atom. The lowest BCUT2D eigenvalue weighted by atomic mass is 10.0. The van der Waals surface area contributed by atoms with Crippen LogP contribution < -0.4 is 9.64 Å². The van der Waals surface area contributed by atoms with Crippen molar-refractivity contribution in [2.24, 2.45) is 5.92 Å². The van der Waals surface area contributed by atoms with Crippen LogP contribution >= 0.6 is 0 Å². The van der Waals surface area contributed by atoms with Gasteiger partial charge in [0.2, 0.25) is 5.91 Å². The van der Waals surface area contributed by atoms with Gasteiger partial charge >= 0.3 is 0 Å². The predicted molar refractivity (Wildman–Crippen MR) is 120 cm³/mol. The molecule has 30 heavy (non-hydrogen) atoms. The SMILES string of the molecule is CCc1nc(C)nc(N2CCN(C(=O)CC(C)C)CC2)c1Cc1ccc(OC)cc1. The summed E-state index contributed by atoms with van der Waals surface area (Å²) < 4.78 is 5.29. The molecule has 0 radical (unpaired) electrons. The molecule has 2 heterocycles. The number of benzene rings is 1. The van der Waals surface area contributed by atoms with Crippen molar-refractivity contribution in [2.45, 2.75) is 47.0 Å². The molecule has 1 aromatic carbocycles. The number of anilines is 1. The first-order valence-electron chi connectivity index (χ1n) is 10.9. The Morgan fingerprint density at radius 1 is 1.10 bits per heavy atom. The number of amides is 1. The summed E-state index contributed by atoms with van der Waals surface area (Å²) in [6.45, 7) is 11.4. The minimum atomic E-state index is 0.260. The molecule has 1 amide bonds.